The maximum absolute atomic E-state index is 10.6. The van der Waals surface area contributed by atoms with Gasteiger partial charge >= 0.3 is 0 Å². The number of nitrogens with one attached hydrogen (secondary N) is 1. The van der Waals surface area contributed by atoms with Crippen LogP contribution < -0.4 is 11.1 Å². The number of carbonyl (C=O) groups excluding carboxylic acids is 1. The average Bonchev–Trinajstić information content (AvgIpc) is 2.17. The SMILES string of the molecule is CC(=O)NCC#Cc1cc(N)cnc1C. The molecular formula is C11H13N3O. The molecule has 1 aromatic rings. The Hall–Kier alpha value is -2.02. The number of nitrogens with zero attached hydrogens (tertiary/aromatic N) is 1. The molecule has 4 nitrogen and oxygen atoms in total. The van der Waals surface area contributed by atoms with Crippen LogP contribution >= 0.6 is 0 Å². The second-order valence-electron chi connectivity index (χ2n) is 3.11. The molecule has 0 radical (unpaired) electrons. The van der Waals surface area contributed by atoms with Gasteiger partial charge in [0.2, 0.25) is 5.91 Å². The molecule has 0 aliphatic rings. The summed E-state index contributed by atoms with van der Waals surface area (Å²) in [4.78, 5) is 14.6. The topological polar surface area (TPSA) is 68.0 Å². The van der Waals surface area contributed by atoms with E-state index in [2.05, 4.69) is 22.1 Å². The molecule has 0 saturated heterocycles. The molecule has 0 aliphatic heterocycles. The van der Waals surface area contributed by atoms with E-state index >= 15 is 0 Å². The standard InChI is InChI=1S/C11H13N3O/c1-8-10(6-11(12)7-14-8)4-3-5-13-9(2)15/h6-7H,5,12H2,1-2H3,(H,13,15). The Bertz CT molecular complexity index is 429. The van der Waals surface area contributed by atoms with Gasteiger partial charge in [-0.3, -0.25) is 9.78 Å². The van der Waals surface area contributed by atoms with Crippen LogP contribution in [0.5, 0.6) is 0 Å². The summed E-state index contributed by atoms with van der Waals surface area (Å²) in [6.45, 7) is 3.65. The fourth-order valence-corrected chi connectivity index (χ4v) is 0.984. The van der Waals surface area contributed by atoms with Crippen molar-refractivity contribution in [3.05, 3.63) is 23.5 Å². The van der Waals surface area contributed by atoms with Gasteiger partial charge in [-0.25, -0.2) is 0 Å². The summed E-state index contributed by atoms with van der Waals surface area (Å²) in [7, 11) is 0. The van der Waals surface area contributed by atoms with Gasteiger partial charge in [-0.05, 0) is 13.0 Å². The third-order valence-corrected chi connectivity index (χ3v) is 1.76. The number of nitrogen functional groups attached to an aromatic ring is 1. The van der Waals surface area contributed by atoms with Gasteiger partial charge in [-0.15, -0.1) is 0 Å². The van der Waals surface area contributed by atoms with Gasteiger partial charge in [0.1, 0.15) is 0 Å². The first-order valence-electron chi connectivity index (χ1n) is 4.55. The van der Waals surface area contributed by atoms with Crippen molar-refractivity contribution in [1.29, 1.82) is 0 Å². The molecule has 3 N–H and O–H groups in total. The molecule has 4 heteroatoms. The maximum atomic E-state index is 10.6. The zero-order valence-electron chi connectivity index (χ0n) is 8.79. The van der Waals surface area contributed by atoms with Crippen molar-refractivity contribution in [1.82, 2.24) is 10.3 Å². The fraction of sp³-hybridized carbons (Fsp3) is 0.273. The number of aromatic nitrogens is 1. The van der Waals surface area contributed by atoms with E-state index in [0.29, 0.717) is 12.2 Å². The molecule has 1 amide bonds. The molecule has 0 spiro atoms. The van der Waals surface area contributed by atoms with Gasteiger partial charge in [0.05, 0.1) is 24.1 Å². The first kappa shape index (κ1) is 11.1. The summed E-state index contributed by atoms with van der Waals surface area (Å²) < 4.78 is 0. The van der Waals surface area contributed by atoms with Gasteiger partial charge in [-0.2, -0.15) is 0 Å². The number of anilines is 1. The smallest absolute Gasteiger partial charge is 0.217 e. The Kier molecular flexibility index (Phi) is 3.69. The summed E-state index contributed by atoms with van der Waals surface area (Å²) >= 11 is 0. The molecule has 0 aliphatic carbocycles. The second kappa shape index (κ2) is 5.01. The van der Waals surface area contributed by atoms with Crippen LogP contribution in [0, 0.1) is 18.8 Å². The van der Waals surface area contributed by atoms with E-state index in [1.54, 1.807) is 12.3 Å². The summed E-state index contributed by atoms with van der Waals surface area (Å²) in [6.07, 6.45) is 1.59. The van der Waals surface area contributed by atoms with Crippen molar-refractivity contribution in [2.75, 3.05) is 12.3 Å². The van der Waals surface area contributed by atoms with Crippen molar-refractivity contribution in [3.8, 4) is 11.8 Å². The van der Waals surface area contributed by atoms with Gasteiger partial charge in [0.15, 0.2) is 0 Å². The lowest BCUT2D eigenvalue weighted by molar-refractivity contribution is -0.118. The fourth-order valence-electron chi connectivity index (χ4n) is 0.984. The van der Waals surface area contributed by atoms with E-state index < -0.39 is 0 Å². The number of aryl methyl sites for hydroxylation is 1. The maximum Gasteiger partial charge on any atom is 0.217 e. The monoisotopic (exact) mass is 203 g/mol. The van der Waals surface area contributed by atoms with Crippen LogP contribution in [-0.4, -0.2) is 17.4 Å². The third kappa shape index (κ3) is 3.69. The van der Waals surface area contributed by atoms with Gasteiger partial charge in [-0.1, -0.05) is 11.8 Å². The molecule has 0 saturated carbocycles. The Morgan fingerprint density at radius 2 is 2.40 bits per heavy atom. The third-order valence-electron chi connectivity index (χ3n) is 1.76. The van der Waals surface area contributed by atoms with Crippen LogP contribution in [0.3, 0.4) is 0 Å². The highest BCUT2D eigenvalue weighted by molar-refractivity contribution is 5.73. The predicted octanol–water partition coefficient (Wildman–Crippen LogP) is 0.460. The van der Waals surface area contributed by atoms with E-state index in [0.717, 1.165) is 11.3 Å². The number of hydrogen-bond donors (Lipinski definition) is 2. The molecule has 1 heterocycles. The highest BCUT2D eigenvalue weighted by Gasteiger charge is 1.95. The van der Waals surface area contributed by atoms with Gasteiger partial charge in [0.25, 0.3) is 0 Å². The summed E-state index contributed by atoms with van der Waals surface area (Å²) in [5.41, 5.74) is 7.79. The Balaban J connectivity index is 2.71. The molecule has 0 atom stereocenters. The zero-order valence-corrected chi connectivity index (χ0v) is 8.79. The lowest BCUT2D eigenvalue weighted by Crippen LogP contribution is -2.19. The van der Waals surface area contributed by atoms with E-state index in [9.17, 15) is 4.79 Å². The lowest BCUT2D eigenvalue weighted by Gasteiger charge is -1.98. The average molecular weight is 203 g/mol. The minimum atomic E-state index is -0.0910. The number of hydrogen-bond acceptors (Lipinski definition) is 3. The number of nitrogens with two attached hydrogens (primary N) is 1. The van der Waals surface area contributed by atoms with E-state index in [-0.39, 0.29) is 5.91 Å². The number of rotatable bonds is 1. The van der Waals surface area contributed by atoms with Gasteiger partial charge < -0.3 is 11.1 Å². The molecule has 0 fully saturated rings. The quantitative estimate of drug-likeness (QED) is 0.651. The predicted molar refractivity (Wildman–Crippen MR) is 58.9 cm³/mol. The van der Waals surface area contributed by atoms with E-state index in [4.69, 9.17) is 5.73 Å². The largest absolute Gasteiger partial charge is 0.397 e. The summed E-state index contributed by atoms with van der Waals surface area (Å²) in [6, 6.07) is 1.77. The normalized spacial score (nSPS) is 8.93. The Labute approximate surface area is 88.9 Å². The van der Waals surface area contributed by atoms with E-state index in [1.165, 1.54) is 6.92 Å². The molecule has 15 heavy (non-hydrogen) atoms. The highest BCUT2D eigenvalue weighted by atomic mass is 16.1. The molecule has 78 valence electrons. The van der Waals surface area contributed by atoms with Crippen LogP contribution in [0.2, 0.25) is 0 Å². The first-order chi connectivity index (χ1) is 7.09. The Morgan fingerprint density at radius 1 is 1.67 bits per heavy atom. The number of carbonyl (C=O) groups is 1. The highest BCUT2D eigenvalue weighted by Crippen LogP contribution is 2.07. The zero-order chi connectivity index (χ0) is 11.3. The van der Waals surface area contributed by atoms with Crippen LogP contribution in [0.25, 0.3) is 0 Å². The van der Waals surface area contributed by atoms with Crippen LogP contribution in [0.4, 0.5) is 5.69 Å². The van der Waals surface area contributed by atoms with E-state index in [1.807, 2.05) is 6.92 Å². The van der Waals surface area contributed by atoms with Crippen LogP contribution in [0.1, 0.15) is 18.2 Å². The molecular weight excluding hydrogens is 190 g/mol. The van der Waals surface area contributed by atoms with Crippen molar-refractivity contribution >= 4 is 11.6 Å². The number of amides is 1. The molecule has 1 aromatic heterocycles. The first-order valence-corrected chi connectivity index (χ1v) is 4.55. The second-order valence-corrected chi connectivity index (χ2v) is 3.11. The van der Waals surface area contributed by atoms with Crippen LogP contribution in [-0.2, 0) is 4.79 Å². The minimum absolute atomic E-state index is 0.0910. The van der Waals surface area contributed by atoms with Crippen molar-refractivity contribution in [3.63, 3.8) is 0 Å². The van der Waals surface area contributed by atoms with Crippen LogP contribution in [0.15, 0.2) is 12.3 Å². The lowest BCUT2D eigenvalue weighted by atomic mass is 10.2. The molecule has 0 unspecified atom stereocenters. The number of pyridine rings is 1. The van der Waals surface area contributed by atoms with Gasteiger partial charge in [0, 0.05) is 12.5 Å². The summed E-state index contributed by atoms with van der Waals surface area (Å²) in [5, 5.41) is 2.59. The minimum Gasteiger partial charge on any atom is -0.397 e. The molecule has 0 bridgehead atoms. The van der Waals surface area contributed by atoms with Crippen molar-refractivity contribution in [2.45, 2.75) is 13.8 Å². The Morgan fingerprint density at radius 3 is 3.07 bits per heavy atom. The molecule has 0 aromatic carbocycles. The summed E-state index contributed by atoms with van der Waals surface area (Å²) in [5.74, 6) is 5.63. The van der Waals surface area contributed by atoms with Crippen molar-refractivity contribution in [2.24, 2.45) is 0 Å². The van der Waals surface area contributed by atoms with Crippen molar-refractivity contribution < 1.29 is 4.79 Å². The molecule has 1 rings (SSSR count).